The van der Waals surface area contributed by atoms with Gasteiger partial charge in [0.15, 0.2) is 12.3 Å². The summed E-state index contributed by atoms with van der Waals surface area (Å²) >= 11 is 0. The van der Waals surface area contributed by atoms with E-state index in [1.165, 1.54) is 14.2 Å². The Morgan fingerprint density at radius 3 is 1.55 bits per heavy atom. The molecule has 12 nitrogen and oxygen atoms in total. The van der Waals surface area contributed by atoms with Crippen LogP contribution in [0.1, 0.15) is 11.1 Å². The van der Waals surface area contributed by atoms with Crippen LogP contribution in [-0.4, -0.2) is 72.4 Å². The lowest BCUT2D eigenvalue weighted by atomic mass is 10.00. The fourth-order valence-electron chi connectivity index (χ4n) is 6.32. The molecule has 2 atom stereocenters. The number of ether oxygens (including phenoxy) is 2. The molecule has 0 radical (unpaired) electrons. The Balaban J connectivity index is 1.47. The number of esters is 2. The third-order valence-corrected chi connectivity index (χ3v) is 8.06. The number of nitrogens with one attached hydrogen (secondary N) is 4. The van der Waals surface area contributed by atoms with Crippen LogP contribution in [0.25, 0.3) is 21.8 Å². The molecule has 0 saturated carbocycles. The zero-order chi connectivity index (χ0) is 27.7. The van der Waals surface area contributed by atoms with Crippen molar-refractivity contribution in [3.8, 4) is 0 Å². The van der Waals surface area contributed by atoms with Crippen molar-refractivity contribution in [2.45, 2.75) is 37.3 Å². The lowest BCUT2D eigenvalue weighted by Crippen LogP contribution is -2.80. The molecule has 3 aliphatic rings. The minimum absolute atomic E-state index is 0.203. The monoisotopic (exact) mass is 542 g/mol. The molecule has 2 aromatic heterocycles. The first-order valence-corrected chi connectivity index (χ1v) is 12.9. The summed E-state index contributed by atoms with van der Waals surface area (Å²) in [6, 6.07) is 9.35. The second-order valence-electron chi connectivity index (χ2n) is 10.2. The molecule has 1 saturated heterocycles. The topological polar surface area (TPSA) is 149 Å². The number of nitrogens with zero attached hydrogens (tertiary/aromatic N) is 2. The van der Waals surface area contributed by atoms with Gasteiger partial charge < -0.3 is 39.9 Å². The molecule has 2 amide bonds. The SMILES string of the molecule is COC(=O)C1Cc2c[nH]c3cccc(c23)N2C(C(=O)N1)N1c3cccc4[nH]cc(c34)CC(C(=O)OC)NC(=O)C21. The normalized spacial score (nSPS) is 23.6. The lowest BCUT2D eigenvalue weighted by Gasteiger charge is -2.57. The predicted molar refractivity (Wildman–Crippen MR) is 144 cm³/mol. The summed E-state index contributed by atoms with van der Waals surface area (Å²) in [5.41, 5.74) is 4.51. The van der Waals surface area contributed by atoms with E-state index in [0.29, 0.717) is 11.4 Å². The number of aromatic nitrogens is 2. The van der Waals surface area contributed by atoms with Crippen molar-refractivity contribution in [2.24, 2.45) is 0 Å². The van der Waals surface area contributed by atoms with Gasteiger partial charge in [-0.25, -0.2) is 9.59 Å². The summed E-state index contributed by atoms with van der Waals surface area (Å²) in [5.74, 6) is -2.04. The van der Waals surface area contributed by atoms with Crippen molar-refractivity contribution in [1.29, 1.82) is 0 Å². The van der Waals surface area contributed by atoms with Crippen LogP contribution in [0, 0.1) is 0 Å². The molecular weight excluding hydrogens is 516 g/mol. The molecule has 2 unspecified atom stereocenters. The molecule has 40 heavy (non-hydrogen) atoms. The van der Waals surface area contributed by atoms with Crippen LogP contribution in [-0.2, 0) is 41.5 Å². The molecule has 4 aromatic rings. The lowest BCUT2D eigenvalue weighted by molar-refractivity contribution is -0.146. The first kappa shape index (κ1) is 24.1. The number of hydrogen-bond acceptors (Lipinski definition) is 8. The number of fused-ring (bicyclic) bond motifs is 6. The van der Waals surface area contributed by atoms with Crippen molar-refractivity contribution in [2.75, 3.05) is 24.0 Å². The Hall–Kier alpha value is -5.00. The molecular formula is C28H26N6O6. The number of H-pyrrole nitrogens is 2. The van der Waals surface area contributed by atoms with Gasteiger partial charge in [-0.15, -0.1) is 0 Å². The molecule has 12 heteroatoms. The van der Waals surface area contributed by atoms with Crippen molar-refractivity contribution in [3.05, 3.63) is 59.9 Å². The highest BCUT2D eigenvalue weighted by molar-refractivity contribution is 6.10. The highest BCUT2D eigenvalue weighted by Gasteiger charge is 2.56. The van der Waals surface area contributed by atoms with Crippen molar-refractivity contribution < 1.29 is 28.7 Å². The molecule has 5 heterocycles. The van der Waals surface area contributed by atoms with E-state index in [0.717, 1.165) is 32.9 Å². The van der Waals surface area contributed by atoms with E-state index >= 15 is 0 Å². The zero-order valence-electron chi connectivity index (χ0n) is 21.7. The van der Waals surface area contributed by atoms with Crippen LogP contribution >= 0.6 is 0 Å². The average molecular weight is 543 g/mol. The third-order valence-electron chi connectivity index (χ3n) is 8.06. The zero-order valence-corrected chi connectivity index (χ0v) is 21.7. The average Bonchev–Trinajstić information content (AvgIpc) is 3.56. The second kappa shape index (κ2) is 8.76. The quantitative estimate of drug-likeness (QED) is 0.275. The summed E-state index contributed by atoms with van der Waals surface area (Å²) in [6.45, 7) is 0. The summed E-state index contributed by atoms with van der Waals surface area (Å²) in [6.07, 6.45) is 2.06. The second-order valence-corrected chi connectivity index (χ2v) is 10.2. The Kier molecular flexibility index (Phi) is 5.27. The number of carbonyl (C=O) groups excluding carboxylic acids is 4. The van der Waals surface area contributed by atoms with Crippen LogP contribution < -0.4 is 20.4 Å². The van der Waals surface area contributed by atoms with E-state index in [-0.39, 0.29) is 12.8 Å². The molecule has 3 aliphatic heterocycles. The number of rotatable bonds is 2. The summed E-state index contributed by atoms with van der Waals surface area (Å²) in [7, 11) is 2.57. The van der Waals surface area contributed by atoms with Crippen molar-refractivity contribution in [1.82, 2.24) is 20.6 Å². The van der Waals surface area contributed by atoms with Gasteiger partial charge >= 0.3 is 11.9 Å². The van der Waals surface area contributed by atoms with E-state index < -0.39 is 48.2 Å². The molecule has 0 spiro atoms. The van der Waals surface area contributed by atoms with Gasteiger partial charge in [-0.05, 0) is 35.4 Å². The Morgan fingerprint density at radius 2 is 1.15 bits per heavy atom. The molecule has 0 aliphatic carbocycles. The maximum absolute atomic E-state index is 14.0. The number of methoxy groups -OCH3 is 2. The molecule has 204 valence electrons. The van der Waals surface area contributed by atoms with E-state index in [2.05, 4.69) is 20.6 Å². The fraction of sp³-hybridized carbons (Fsp3) is 0.286. The van der Waals surface area contributed by atoms with E-state index in [1.807, 2.05) is 36.4 Å². The van der Waals surface area contributed by atoms with Crippen molar-refractivity contribution >= 4 is 56.9 Å². The van der Waals surface area contributed by atoms with E-state index in [9.17, 15) is 19.2 Å². The van der Waals surface area contributed by atoms with Crippen molar-refractivity contribution in [3.63, 3.8) is 0 Å². The van der Waals surface area contributed by atoms with Gasteiger partial charge in [-0.1, -0.05) is 12.1 Å². The van der Waals surface area contributed by atoms with Gasteiger partial charge in [0, 0.05) is 47.0 Å². The van der Waals surface area contributed by atoms with Gasteiger partial charge in [0.1, 0.15) is 12.1 Å². The number of amides is 2. The number of carbonyl (C=O) groups is 4. The fourth-order valence-corrected chi connectivity index (χ4v) is 6.32. The first-order valence-electron chi connectivity index (χ1n) is 12.9. The number of benzene rings is 2. The summed E-state index contributed by atoms with van der Waals surface area (Å²) < 4.78 is 10.0. The van der Waals surface area contributed by atoms with Crippen LogP contribution in [0.4, 0.5) is 11.4 Å². The highest BCUT2D eigenvalue weighted by atomic mass is 16.5. The summed E-state index contributed by atoms with van der Waals surface area (Å²) in [4.78, 5) is 63.5. The minimum Gasteiger partial charge on any atom is -0.467 e. The maximum Gasteiger partial charge on any atom is 0.328 e. The minimum atomic E-state index is -0.975. The Labute approximate surface area is 227 Å². The molecule has 2 aromatic carbocycles. The van der Waals surface area contributed by atoms with Crippen LogP contribution in [0.3, 0.4) is 0 Å². The Morgan fingerprint density at radius 1 is 0.725 bits per heavy atom. The van der Waals surface area contributed by atoms with Gasteiger partial charge in [-0.2, -0.15) is 0 Å². The Bertz CT molecular complexity index is 1590. The van der Waals surface area contributed by atoms with Crippen LogP contribution in [0.15, 0.2) is 48.8 Å². The van der Waals surface area contributed by atoms with Crippen LogP contribution in [0.5, 0.6) is 0 Å². The molecule has 0 bridgehead atoms. The number of aromatic amines is 2. The van der Waals surface area contributed by atoms with Gasteiger partial charge in [0.25, 0.3) is 11.8 Å². The maximum atomic E-state index is 14.0. The first-order chi connectivity index (χ1) is 19.4. The van der Waals surface area contributed by atoms with E-state index in [1.54, 1.807) is 22.2 Å². The van der Waals surface area contributed by atoms with Gasteiger partial charge in [-0.3, -0.25) is 9.59 Å². The number of hydrogen-bond donors (Lipinski definition) is 4. The largest absolute Gasteiger partial charge is 0.467 e. The molecule has 1 fully saturated rings. The smallest absolute Gasteiger partial charge is 0.328 e. The van der Waals surface area contributed by atoms with Crippen LogP contribution in [0.2, 0.25) is 0 Å². The number of anilines is 2. The van der Waals surface area contributed by atoms with Gasteiger partial charge in [0.2, 0.25) is 0 Å². The molecule has 4 N–H and O–H groups in total. The highest BCUT2D eigenvalue weighted by Crippen LogP contribution is 2.45. The molecule has 7 rings (SSSR count). The summed E-state index contributed by atoms with van der Waals surface area (Å²) in [5, 5.41) is 7.34. The predicted octanol–water partition coefficient (Wildman–Crippen LogP) is 1.06. The third kappa shape index (κ3) is 3.31. The van der Waals surface area contributed by atoms with E-state index in [4.69, 9.17) is 9.47 Å². The van der Waals surface area contributed by atoms with Gasteiger partial charge in [0.05, 0.1) is 25.6 Å². The standard InChI is InChI=1S/C28H26N6O6/c1-39-27(37)17-9-13-11-29-15-5-3-7-19(21(13)15)33-25(23(35)31-17)34-20-8-4-6-16-22(20)14(12-30-16)10-18(28(38)40-2)32-24(36)26(33)34/h3-8,11-12,17-18,25-26,29-30H,9-10H2,1-2H3,(H,31,35)(H,32,36).